The van der Waals surface area contributed by atoms with Crippen LogP contribution < -0.4 is 10.5 Å². The van der Waals surface area contributed by atoms with Crippen molar-refractivity contribution in [2.24, 2.45) is 5.73 Å². The molecular weight excluding hydrogens is 264 g/mol. The molecule has 1 aromatic carbocycles. The SMILES string of the molecule is Cc1cccc(OCCC(=O)N2CC[C@@H](N)C2)c1.Cl. The van der Waals surface area contributed by atoms with Crippen molar-refractivity contribution in [3.05, 3.63) is 29.8 Å². The van der Waals surface area contributed by atoms with E-state index in [1.54, 1.807) is 0 Å². The summed E-state index contributed by atoms with van der Waals surface area (Å²) < 4.78 is 5.57. The van der Waals surface area contributed by atoms with Gasteiger partial charge in [0.25, 0.3) is 0 Å². The number of halogens is 1. The first-order valence-electron chi connectivity index (χ1n) is 6.38. The van der Waals surface area contributed by atoms with Gasteiger partial charge in [-0.05, 0) is 31.0 Å². The summed E-state index contributed by atoms with van der Waals surface area (Å²) in [4.78, 5) is 13.7. The number of nitrogens with zero attached hydrogens (tertiary/aromatic N) is 1. The fraction of sp³-hybridized carbons (Fsp3) is 0.500. The Labute approximate surface area is 120 Å². The van der Waals surface area contributed by atoms with Gasteiger partial charge in [0.2, 0.25) is 5.91 Å². The predicted octanol–water partition coefficient (Wildman–Crippen LogP) is 1.75. The zero-order valence-corrected chi connectivity index (χ0v) is 12.0. The summed E-state index contributed by atoms with van der Waals surface area (Å²) in [5.41, 5.74) is 6.93. The van der Waals surface area contributed by atoms with Crippen molar-refractivity contribution in [2.75, 3.05) is 19.7 Å². The summed E-state index contributed by atoms with van der Waals surface area (Å²) in [6, 6.07) is 7.99. The van der Waals surface area contributed by atoms with E-state index in [-0.39, 0.29) is 24.4 Å². The first-order valence-corrected chi connectivity index (χ1v) is 6.38. The van der Waals surface area contributed by atoms with Gasteiger partial charge in [-0.15, -0.1) is 12.4 Å². The van der Waals surface area contributed by atoms with Gasteiger partial charge >= 0.3 is 0 Å². The van der Waals surface area contributed by atoms with E-state index in [4.69, 9.17) is 10.5 Å². The summed E-state index contributed by atoms with van der Waals surface area (Å²) in [5, 5.41) is 0. The predicted molar refractivity (Wildman–Crippen MR) is 77.7 cm³/mol. The molecule has 106 valence electrons. The Morgan fingerprint density at radius 3 is 2.95 bits per heavy atom. The van der Waals surface area contributed by atoms with E-state index >= 15 is 0 Å². The summed E-state index contributed by atoms with van der Waals surface area (Å²) >= 11 is 0. The van der Waals surface area contributed by atoms with Crippen molar-refractivity contribution in [1.29, 1.82) is 0 Å². The molecule has 1 heterocycles. The Hall–Kier alpha value is -1.26. The lowest BCUT2D eigenvalue weighted by Crippen LogP contribution is -2.32. The standard InChI is InChI=1S/C14H20N2O2.ClH/c1-11-3-2-4-13(9-11)18-8-6-14(17)16-7-5-12(15)10-16;/h2-4,9,12H,5-8,10,15H2,1H3;1H/t12-;/m1./s1. The number of hydrogen-bond donors (Lipinski definition) is 1. The molecule has 1 aliphatic rings. The summed E-state index contributed by atoms with van der Waals surface area (Å²) in [6.45, 7) is 3.91. The van der Waals surface area contributed by atoms with Crippen molar-refractivity contribution < 1.29 is 9.53 Å². The first-order chi connectivity index (χ1) is 8.65. The maximum Gasteiger partial charge on any atom is 0.226 e. The van der Waals surface area contributed by atoms with Crippen molar-refractivity contribution in [2.45, 2.75) is 25.8 Å². The zero-order chi connectivity index (χ0) is 13.0. The Kier molecular flexibility index (Phi) is 6.12. The highest BCUT2D eigenvalue weighted by Gasteiger charge is 2.22. The molecule has 19 heavy (non-hydrogen) atoms. The molecule has 1 saturated heterocycles. The first kappa shape index (κ1) is 15.8. The Balaban J connectivity index is 0.00000180. The van der Waals surface area contributed by atoms with Crippen LogP contribution in [0, 0.1) is 6.92 Å². The van der Waals surface area contributed by atoms with Crippen molar-refractivity contribution >= 4 is 18.3 Å². The second-order valence-electron chi connectivity index (χ2n) is 4.80. The number of amides is 1. The highest BCUT2D eigenvalue weighted by Crippen LogP contribution is 2.13. The average Bonchev–Trinajstić information content (AvgIpc) is 2.76. The smallest absolute Gasteiger partial charge is 0.226 e. The van der Waals surface area contributed by atoms with Gasteiger partial charge in [0.15, 0.2) is 0 Å². The minimum Gasteiger partial charge on any atom is -0.493 e. The van der Waals surface area contributed by atoms with Crippen molar-refractivity contribution in [1.82, 2.24) is 4.90 Å². The van der Waals surface area contributed by atoms with Crippen LogP contribution in [0.2, 0.25) is 0 Å². The normalized spacial score (nSPS) is 18.0. The number of rotatable bonds is 4. The second-order valence-corrected chi connectivity index (χ2v) is 4.80. The molecule has 5 heteroatoms. The Morgan fingerprint density at radius 1 is 1.53 bits per heavy atom. The van der Waals surface area contributed by atoms with Gasteiger partial charge in [-0.2, -0.15) is 0 Å². The molecule has 2 rings (SSSR count). The van der Waals surface area contributed by atoms with Crippen LogP contribution in [0.3, 0.4) is 0 Å². The number of aryl methyl sites for hydroxylation is 1. The van der Waals surface area contributed by atoms with Crippen molar-refractivity contribution in [3.63, 3.8) is 0 Å². The van der Waals surface area contributed by atoms with Crippen LogP contribution >= 0.6 is 12.4 Å². The van der Waals surface area contributed by atoms with Crippen molar-refractivity contribution in [3.8, 4) is 5.75 Å². The summed E-state index contributed by atoms with van der Waals surface area (Å²) in [7, 11) is 0. The maximum absolute atomic E-state index is 11.8. The van der Waals surface area contributed by atoms with Crippen LogP contribution in [0.25, 0.3) is 0 Å². The summed E-state index contributed by atoms with van der Waals surface area (Å²) in [5.74, 6) is 0.955. The van der Waals surface area contributed by atoms with Gasteiger partial charge in [0.05, 0.1) is 13.0 Å². The molecule has 0 spiro atoms. The van der Waals surface area contributed by atoms with E-state index in [0.717, 1.165) is 24.3 Å². The molecule has 0 bridgehead atoms. The molecular formula is C14H21ClN2O2. The van der Waals surface area contributed by atoms with E-state index < -0.39 is 0 Å². The fourth-order valence-electron chi connectivity index (χ4n) is 2.13. The second kappa shape index (κ2) is 7.36. The highest BCUT2D eigenvalue weighted by molar-refractivity contribution is 5.85. The number of benzene rings is 1. The van der Waals surface area contributed by atoms with Crippen LogP contribution in [0.15, 0.2) is 24.3 Å². The summed E-state index contributed by atoms with van der Waals surface area (Å²) in [6.07, 6.45) is 1.32. The quantitative estimate of drug-likeness (QED) is 0.916. The van der Waals surface area contributed by atoms with Crippen LogP contribution in [-0.4, -0.2) is 36.5 Å². The Bertz CT molecular complexity index is 426. The lowest BCUT2D eigenvalue weighted by atomic mass is 10.2. The average molecular weight is 285 g/mol. The molecule has 1 fully saturated rings. The monoisotopic (exact) mass is 284 g/mol. The van der Waals surface area contributed by atoms with Crippen LogP contribution in [-0.2, 0) is 4.79 Å². The minimum absolute atomic E-state index is 0. The lowest BCUT2D eigenvalue weighted by Gasteiger charge is -2.15. The van der Waals surface area contributed by atoms with Crippen LogP contribution in [0.5, 0.6) is 5.75 Å². The molecule has 1 amide bonds. The van der Waals surface area contributed by atoms with Gasteiger partial charge in [-0.1, -0.05) is 12.1 Å². The molecule has 0 radical (unpaired) electrons. The topological polar surface area (TPSA) is 55.6 Å². The fourth-order valence-corrected chi connectivity index (χ4v) is 2.13. The zero-order valence-electron chi connectivity index (χ0n) is 11.2. The number of carbonyl (C=O) groups is 1. The van der Waals surface area contributed by atoms with Gasteiger partial charge in [0.1, 0.15) is 5.75 Å². The lowest BCUT2D eigenvalue weighted by molar-refractivity contribution is -0.130. The van der Waals surface area contributed by atoms with E-state index in [0.29, 0.717) is 19.6 Å². The molecule has 0 saturated carbocycles. The molecule has 1 aromatic rings. The van der Waals surface area contributed by atoms with Gasteiger partial charge < -0.3 is 15.4 Å². The molecule has 1 atom stereocenters. The third-order valence-electron chi connectivity index (χ3n) is 3.15. The van der Waals surface area contributed by atoms with E-state index in [1.165, 1.54) is 0 Å². The number of nitrogens with two attached hydrogens (primary N) is 1. The molecule has 0 unspecified atom stereocenters. The number of hydrogen-bond acceptors (Lipinski definition) is 3. The third kappa shape index (κ3) is 4.73. The molecule has 0 aliphatic carbocycles. The van der Waals surface area contributed by atoms with E-state index in [1.807, 2.05) is 36.1 Å². The number of likely N-dealkylation sites (tertiary alicyclic amines) is 1. The minimum atomic E-state index is 0. The van der Waals surface area contributed by atoms with Gasteiger partial charge in [-0.3, -0.25) is 4.79 Å². The number of ether oxygens (including phenoxy) is 1. The van der Waals surface area contributed by atoms with E-state index in [2.05, 4.69) is 0 Å². The van der Waals surface area contributed by atoms with E-state index in [9.17, 15) is 4.79 Å². The molecule has 2 N–H and O–H groups in total. The number of carbonyl (C=O) groups excluding carboxylic acids is 1. The molecule has 4 nitrogen and oxygen atoms in total. The third-order valence-corrected chi connectivity index (χ3v) is 3.15. The highest BCUT2D eigenvalue weighted by atomic mass is 35.5. The molecule has 1 aliphatic heterocycles. The van der Waals surface area contributed by atoms with Crippen LogP contribution in [0.4, 0.5) is 0 Å². The maximum atomic E-state index is 11.8. The van der Waals surface area contributed by atoms with Gasteiger partial charge in [0, 0.05) is 19.1 Å². The molecule has 0 aromatic heterocycles. The van der Waals surface area contributed by atoms with Crippen LogP contribution in [0.1, 0.15) is 18.4 Å². The van der Waals surface area contributed by atoms with Gasteiger partial charge in [-0.25, -0.2) is 0 Å². The Morgan fingerprint density at radius 2 is 2.32 bits per heavy atom. The largest absolute Gasteiger partial charge is 0.493 e.